The predicted octanol–water partition coefficient (Wildman–Crippen LogP) is 0.914. The van der Waals surface area contributed by atoms with Crippen molar-refractivity contribution in [2.45, 2.75) is 31.3 Å². The molecule has 0 amide bonds. The molecule has 0 unspecified atom stereocenters. The molecule has 16 heavy (non-hydrogen) atoms. The Kier molecular flexibility index (Phi) is 3.53. The van der Waals surface area contributed by atoms with Gasteiger partial charge in [-0.2, -0.15) is 0 Å². The summed E-state index contributed by atoms with van der Waals surface area (Å²) in [5, 5.41) is 1.14. The number of hydrogen-bond donors (Lipinski definition) is 0. The molecule has 0 spiro atoms. The van der Waals surface area contributed by atoms with Gasteiger partial charge in [0.05, 0.1) is 32.4 Å². The molecule has 0 fully saturated rings. The molecule has 88 valence electrons. The van der Waals surface area contributed by atoms with Gasteiger partial charge < -0.3 is 4.74 Å². The van der Waals surface area contributed by atoms with E-state index in [4.69, 9.17) is 4.74 Å². The number of hydrogen-bond acceptors (Lipinski definition) is 3. The zero-order valence-electron chi connectivity index (χ0n) is 9.73. The Morgan fingerprint density at radius 3 is 3.19 bits per heavy atom. The number of esters is 1. The van der Waals surface area contributed by atoms with E-state index >= 15 is 0 Å². The molecule has 1 aromatic rings. The maximum Gasteiger partial charge on any atom is 0.316 e. The van der Waals surface area contributed by atoms with Gasteiger partial charge in [0.1, 0.15) is 6.20 Å². The first-order valence-corrected chi connectivity index (χ1v) is 6.57. The van der Waals surface area contributed by atoms with E-state index in [1.54, 1.807) is 11.8 Å². The highest BCUT2D eigenvalue weighted by Crippen LogP contribution is 2.20. The Bertz CT molecular complexity index is 401. The summed E-state index contributed by atoms with van der Waals surface area (Å²) < 4.78 is 9.35. The third kappa shape index (κ3) is 2.24. The summed E-state index contributed by atoms with van der Waals surface area (Å²) in [5.74, 6) is 1.61. The van der Waals surface area contributed by atoms with E-state index in [1.165, 1.54) is 12.2 Å². The van der Waals surface area contributed by atoms with Gasteiger partial charge in [0.25, 0.3) is 5.82 Å². The van der Waals surface area contributed by atoms with Crippen LogP contribution in [0, 0.1) is 0 Å². The van der Waals surface area contributed by atoms with Gasteiger partial charge in [0.15, 0.2) is 0 Å². The molecule has 1 aliphatic heterocycles. The molecule has 1 aromatic heterocycles. The van der Waals surface area contributed by atoms with Crippen molar-refractivity contribution in [3.05, 3.63) is 12.0 Å². The van der Waals surface area contributed by atoms with E-state index in [0.29, 0.717) is 12.4 Å². The molecule has 1 aliphatic rings. The Hall–Kier alpha value is -0.970. The van der Waals surface area contributed by atoms with Crippen LogP contribution in [0.25, 0.3) is 0 Å². The first-order chi connectivity index (χ1) is 7.72. The third-order valence-corrected chi connectivity index (χ3v) is 3.81. The zero-order valence-corrected chi connectivity index (χ0v) is 10.5. The molecule has 0 radical (unpaired) electrons. The minimum Gasteiger partial charge on any atom is -0.465 e. The second-order valence-electron chi connectivity index (χ2n) is 3.83. The van der Waals surface area contributed by atoms with Crippen LogP contribution >= 0.6 is 11.8 Å². The lowest BCUT2D eigenvalue weighted by atomic mass is 10.4. The van der Waals surface area contributed by atoms with Gasteiger partial charge in [-0.1, -0.05) is 11.8 Å². The van der Waals surface area contributed by atoms with Crippen LogP contribution in [0.15, 0.2) is 11.2 Å². The topological polar surface area (TPSA) is 35.1 Å². The molecule has 0 atom stereocenters. The first-order valence-electron chi connectivity index (χ1n) is 5.59. The molecule has 0 N–H and O–H groups in total. The van der Waals surface area contributed by atoms with Crippen LogP contribution in [0.4, 0.5) is 0 Å². The Balaban J connectivity index is 1.98. The number of imidazole rings is 1. The maximum absolute atomic E-state index is 11.2. The van der Waals surface area contributed by atoms with E-state index < -0.39 is 0 Å². The fourth-order valence-electron chi connectivity index (χ4n) is 2.00. The van der Waals surface area contributed by atoms with E-state index in [-0.39, 0.29) is 5.97 Å². The fraction of sp³-hybridized carbons (Fsp3) is 0.636. The highest BCUT2D eigenvalue weighted by Gasteiger charge is 2.25. The number of ether oxygens (including phenoxy) is 1. The summed E-state index contributed by atoms with van der Waals surface area (Å²) in [6.07, 6.45) is 4.49. The van der Waals surface area contributed by atoms with E-state index in [2.05, 4.69) is 22.4 Å². The zero-order chi connectivity index (χ0) is 11.5. The average molecular weight is 241 g/mol. The summed E-state index contributed by atoms with van der Waals surface area (Å²) in [4.78, 5) is 11.2. The molecule has 0 bridgehead atoms. The van der Waals surface area contributed by atoms with Crippen molar-refractivity contribution in [3.63, 3.8) is 0 Å². The number of nitrogens with zero attached hydrogens (tertiary/aromatic N) is 2. The first kappa shape index (κ1) is 11.5. The monoisotopic (exact) mass is 241 g/mol. The second kappa shape index (κ2) is 4.91. The van der Waals surface area contributed by atoms with Crippen molar-refractivity contribution < 1.29 is 14.1 Å². The summed E-state index contributed by atoms with van der Waals surface area (Å²) in [5.41, 5.74) is 0. The summed E-state index contributed by atoms with van der Waals surface area (Å²) >= 11 is 1.55. The number of thioether (sulfide) groups is 1. The van der Waals surface area contributed by atoms with Gasteiger partial charge in [-0.3, -0.25) is 4.79 Å². The standard InChI is InChI=1S/C11H17N2O2S/c1-3-15-11(14)8-16-10-7-13-6-4-5-9(13)12(10)2/h7H,3-6,8H2,1-2H3/q+1. The van der Waals surface area contributed by atoms with Crippen molar-refractivity contribution >= 4 is 17.7 Å². The van der Waals surface area contributed by atoms with E-state index in [1.807, 2.05) is 6.92 Å². The lowest BCUT2D eigenvalue weighted by Gasteiger charge is -1.99. The van der Waals surface area contributed by atoms with Crippen molar-refractivity contribution in [1.29, 1.82) is 0 Å². The SMILES string of the molecule is CCOC(=O)CSc1c[n+]2c(n1C)CCC2. The van der Waals surface area contributed by atoms with Gasteiger partial charge in [0.2, 0.25) is 5.03 Å². The highest BCUT2D eigenvalue weighted by atomic mass is 32.2. The normalized spacial score (nSPS) is 13.9. The Morgan fingerprint density at radius 1 is 1.69 bits per heavy atom. The smallest absolute Gasteiger partial charge is 0.316 e. The highest BCUT2D eigenvalue weighted by molar-refractivity contribution is 7.99. The van der Waals surface area contributed by atoms with Gasteiger partial charge in [-0.25, -0.2) is 9.13 Å². The molecule has 0 aromatic carbocycles. The van der Waals surface area contributed by atoms with Crippen molar-refractivity contribution in [1.82, 2.24) is 4.57 Å². The number of rotatable bonds is 4. The van der Waals surface area contributed by atoms with Crippen LogP contribution < -0.4 is 4.57 Å². The Labute approximate surface area is 99.6 Å². The van der Waals surface area contributed by atoms with Gasteiger partial charge in [-0.15, -0.1) is 0 Å². The Morgan fingerprint density at radius 2 is 2.50 bits per heavy atom. The van der Waals surface area contributed by atoms with Crippen LogP contribution in [-0.4, -0.2) is 22.9 Å². The fourth-order valence-corrected chi connectivity index (χ4v) is 2.85. The van der Waals surface area contributed by atoms with Crippen LogP contribution in [0.1, 0.15) is 19.2 Å². The molecule has 0 saturated heterocycles. The molecule has 0 aliphatic carbocycles. The van der Waals surface area contributed by atoms with E-state index in [0.717, 1.165) is 18.0 Å². The lowest BCUT2D eigenvalue weighted by molar-refractivity contribution is -0.691. The molecular weight excluding hydrogens is 224 g/mol. The number of carbonyl (C=O) groups excluding carboxylic acids is 1. The summed E-state index contributed by atoms with van der Waals surface area (Å²) in [6, 6.07) is 0. The van der Waals surface area contributed by atoms with Crippen LogP contribution in [0.2, 0.25) is 0 Å². The number of aromatic nitrogens is 2. The molecule has 0 saturated carbocycles. The molecule has 4 nitrogen and oxygen atoms in total. The van der Waals surface area contributed by atoms with Gasteiger partial charge >= 0.3 is 5.97 Å². The average Bonchev–Trinajstić information content (AvgIpc) is 2.80. The van der Waals surface area contributed by atoms with Crippen LogP contribution in [0.3, 0.4) is 0 Å². The van der Waals surface area contributed by atoms with E-state index in [9.17, 15) is 4.79 Å². The third-order valence-electron chi connectivity index (χ3n) is 2.76. The van der Waals surface area contributed by atoms with Crippen molar-refractivity contribution in [2.24, 2.45) is 7.05 Å². The largest absolute Gasteiger partial charge is 0.465 e. The quantitative estimate of drug-likeness (QED) is 0.446. The number of carbonyl (C=O) groups is 1. The van der Waals surface area contributed by atoms with Crippen LogP contribution in [0.5, 0.6) is 0 Å². The summed E-state index contributed by atoms with van der Waals surface area (Å²) in [6.45, 7) is 3.39. The molecule has 2 rings (SSSR count). The minimum absolute atomic E-state index is 0.140. The maximum atomic E-state index is 11.2. The van der Waals surface area contributed by atoms with Crippen molar-refractivity contribution in [2.75, 3.05) is 12.4 Å². The lowest BCUT2D eigenvalue weighted by Crippen LogP contribution is -2.30. The summed E-state index contributed by atoms with van der Waals surface area (Å²) in [7, 11) is 2.06. The molecule has 5 heteroatoms. The van der Waals surface area contributed by atoms with Crippen LogP contribution in [-0.2, 0) is 29.5 Å². The minimum atomic E-state index is -0.140. The van der Waals surface area contributed by atoms with Gasteiger partial charge in [-0.05, 0) is 13.3 Å². The number of fused-ring (bicyclic) bond motifs is 1. The second-order valence-corrected chi connectivity index (χ2v) is 4.83. The number of aryl methyl sites for hydroxylation is 1. The van der Waals surface area contributed by atoms with Gasteiger partial charge in [0, 0.05) is 0 Å². The molecule has 2 heterocycles. The predicted molar refractivity (Wildman–Crippen MR) is 61.3 cm³/mol. The molecular formula is C11H17N2O2S+. The van der Waals surface area contributed by atoms with Crippen molar-refractivity contribution in [3.8, 4) is 0 Å².